The Morgan fingerprint density at radius 3 is 2.85 bits per heavy atom. The van der Waals surface area contributed by atoms with Crippen LogP contribution in [0.5, 0.6) is 0 Å². The molecule has 0 aliphatic carbocycles. The van der Waals surface area contributed by atoms with E-state index < -0.39 is 43.0 Å². The molecular formula is C8H12N6O6. The molecule has 2 aliphatic heterocycles. The van der Waals surface area contributed by atoms with Crippen LogP contribution in [0, 0.1) is 0 Å². The molecule has 12 heteroatoms. The number of carbonyl (C=O) groups is 1. The fraction of sp³-hybridized carbons (Fsp3) is 0.750. The Balaban J connectivity index is 2.28. The van der Waals surface area contributed by atoms with E-state index in [2.05, 4.69) is 20.4 Å². The molecule has 0 aromatic heterocycles. The fourth-order valence-electron chi connectivity index (χ4n) is 1.92. The largest absolute Gasteiger partial charge is 0.393 e. The highest BCUT2D eigenvalue weighted by molar-refractivity contribution is 6.26. The molecule has 0 radical (unpaired) electrons. The van der Waals surface area contributed by atoms with Crippen molar-refractivity contribution in [2.75, 3.05) is 6.61 Å². The second kappa shape index (κ2) is 5.20. The van der Waals surface area contributed by atoms with Crippen molar-refractivity contribution in [3.8, 4) is 0 Å². The van der Waals surface area contributed by atoms with Crippen LogP contribution in [0.4, 0.5) is 0 Å². The van der Waals surface area contributed by atoms with Gasteiger partial charge in [-0.1, -0.05) is 5.11 Å². The van der Waals surface area contributed by atoms with Gasteiger partial charge in [0, 0.05) is 4.91 Å². The van der Waals surface area contributed by atoms with Crippen LogP contribution >= 0.6 is 0 Å². The predicted molar refractivity (Wildman–Crippen MR) is 60.3 cm³/mol. The van der Waals surface area contributed by atoms with Crippen molar-refractivity contribution in [2.45, 2.75) is 30.5 Å². The summed E-state index contributed by atoms with van der Waals surface area (Å²) in [5.74, 6) is -0.662. The average Bonchev–Trinajstić information content (AvgIpc) is 2.65. The number of hydrogen-bond donors (Lipinski definition) is 5. The first-order valence-electron chi connectivity index (χ1n) is 5.47. The molecule has 2 heterocycles. The second-order valence-corrected chi connectivity index (χ2v) is 4.14. The average molecular weight is 288 g/mol. The van der Waals surface area contributed by atoms with E-state index in [1.807, 2.05) is 0 Å². The molecule has 1 saturated heterocycles. The minimum absolute atomic E-state index is 0.662. The van der Waals surface area contributed by atoms with Gasteiger partial charge in [-0.15, -0.1) is 0 Å². The van der Waals surface area contributed by atoms with Crippen LogP contribution in [-0.2, 0) is 9.53 Å². The highest BCUT2D eigenvalue weighted by atomic mass is 16.6. The Hall–Kier alpha value is -1.95. The van der Waals surface area contributed by atoms with Gasteiger partial charge in [-0.25, -0.2) is 5.01 Å². The van der Waals surface area contributed by atoms with Gasteiger partial charge in [0.1, 0.15) is 18.4 Å². The van der Waals surface area contributed by atoms with Gasteiger partial charge in [0.25, 0.3) is 5.91 Å². The minimum atomic E-state index is -2.10. The number of amides is 1. The lowest BCUT2D eigenvalue weighted by Gasteiger charge is -2.33. The summed E-state index contributed by atoms with van der Waals surface area (Å²) in [6, 6.07) is 0. The summed E-state index contributed by atoms with van der Waals surface area (Å²) >= 11 is 0. The number of ether oxygens (including phenoxy) is 1. The molecule has 2 aliphatic rings. The molecule has 12 nitrogen and oxygen atoms in total. The van der Waals surface area contributed by atoms with Gasteiger partial charge < -0.3 is 30.5 Å². The van der Waals surface area contributed by atoms with Crippen molar-refractivity contribution in [3.63, 3.8) is 0 Å². The molecule has 0 aromatic rings. The van der Waals surface area contributed by atoms with E-state index >= 15 is 0 Å². The monoisotopic (exact) mass is 288 g/mol. The van der Waals surface area contributed by atoms with Gasteiger partial charge in [-0.3, -0.25) is 4.79 Å². The zero-order valence-electron chi connectivity index (χ0n) is 9.94. The summed E-state index contributed by atoms with van der Waals surface area (Å²) in [6.07, 6.45) is -5.61. The van der Waals surface area contributed by atoms with Crippen molar-refractivity contribution < 1.29 is 30.0 Å². The number of aliphatic hydroxyl groups is 4. The summed E-state index contributed by atoms with van der Waals surface area (Å²) in [4.78, 5) is 13.4. The van der Waals surface area contributed by atoms with Gasteiger partial charge in [0.2, 0.25) is 12.1 Å². The quantitative estimate of drug-likeness (QED) is 0.205. The Morgan fingerprint density at radius 2 is 2.30 bits per heavy atom. The third kappa shape index (κ3) is 2.16. The number of nitrogens with one attached hydrogen (secondary N) is 1. The summed E-state index contributed by atoms with van der Waals surface area (Å²) < 4.78 is 5.14. The molecule has 20 heavy (non-hydrogen) atoms. The van der Waals surface area contributed by atoms with Gasteiger partial charge in [-0.05, 0) is 5.53 Å². The number of azide groups is 1. The topological polar surface area (TPSA) is 184 Å². The van der Waals surface area contributed by atoms with Gasteiger partial charge in [0.05, 0.1) is 6.61 Å². The third-order valence-electron chi connectivity index (χ3n) is 2.93. The lowest BCUT2D eigenvalue weighted by atomic mass is 10.1. The molecule has 1 fully saturated rings. The summed E-state index contributed by atoms with van der Waals surface area (Å²) in [5, 5.41) is 48.1. The maximum Gasteiger partial charge on any atom is 0.267 e. The van der Waals surface area contributed by atoms with Crippen LogP contribution in [0.3, 0.4) is 0 Å². The van der Waals surface area contributed by atoms with Gasteiger partial charge >= 0.3 is 0 Å². The highest BCUT2D eigenvalue weighted by Gasteiger charge is 2.57. The normalized spacial score (nSPS) is 40.4. The molecule has 5 N–H and O–H groups in total. The number of carbonyl (C=O) groups excluding carboxylic acids is 1. The predicted octanol–water partition coefficient (Wildman–Crippen LogP) is -3.24. The van der Waals surface area contributed by atoms with Crippen molar-refractivity contribution in [1.82, 2.24) is 10.3 Å². The zero-order valence-corrected chi connectivity index (χ0v) is 9.94. The van der Waals surface area contributed by atoms with Crippen molar-refractivity contribution >= 4 is 12.1 Å². The first-order chi connectivity index (χ1) is 9.45. The number of hydrazone groups is 1. The van der Waals surface area contributed by atoms with Gasteiger partial charge in [-0.2, -0.15) is 5.10 Å². The molecule has 110 valence electrons. The van der Waals surface area contributed by atoms with Crippen molar-refractivity contribution in [2.24, 2.45) is 10.2 Å². The third-order valence-corrected chi connectivity index (χ3v) is 2.93. The molecule has 0 spiro atoms. The maximum atomic E-state index is 11.0. The van der Waals surface area contributed by atoms with E-state index in [9.17, 15) is 25.2 Å². The molecule has 1 amide bonds. The lowest BCUT2D eigenvalue weighted by Crippen LogP contribution is -2.56. The molecule has 0 bridgehead atoms. The molecule has 0 aromatic carbocycles. The maximum absolute atomic E-state index is 11.0. The van der Waals surface area contributed by atoms with Gasteiger partial charge in [0.15, 0.2) is 6.23 Å². The lowest BCUT2D eigenvalue weighted by molar-refractivity contribution is -0.190. The van der Waals surface area contributed by atoms with Crippen LogP contribution in [0.1, 0.15) is 0 Å². The summed E-state index contributed by atoms with van der Waals surface area (Å²) in [5.41, 5.74) is 6.33. The van der Waals surface area contributed by atoms with E-state index in [-0.39, 0.29) is 0 Å². The Bertz CT molecular complexity index is 480. The first-order valence-corrected chi connectivity index (χ1v) is 5.47. The standard InChI is InChI=1S/C8H12N6O6/c9-13-12-8(2-15)5(18)4(17)6(20-8)14-7(19)11-3(16)1-10-14/h1,4-7,15,17-19H,2H2,(H,11,16). The highest BCUT2D eigenvalue weighted by Crippen LogP contribution is 2.34. The molecular weight excluding hydrogens is 276 g/mol. The van der Waals surface area contributed by atoms with E-state index in [4.69, 9.17) is 10.3 Å². The Kier molecular flexibility index (Phi) is 3.76. The van der Waals surface area contributed by atoms with E-state index in [0.717, 1.165) is 11.2 Å². The van der Waals surface area contributed by atoms with E-state index in [1.54, 1.807) is 0 Å². The summed E-state index contributed by atoms with van der Waals surface area (Å²) in [6.45, 7) is -0.897. The number of hydrogen-bond acceptors (Lipinski definition) is 9. The van der Waals surface area contributed by atoms with Crippen LogP contribution < -0.4 is 5.32 Å². The van der Waals surface area contributed by atoms with Crippen molar-refractivity contribution in [1.29, 1.82) is 0 Å². The molecule has 0 saturated carbocycles. The van der Waals surface area contributed by atoms with Crippen LogP contribution in [-0.4, -0.2) is 74.7 Å². The van der Waals surface area contributed by atoms with Crippen LogP contribution in [0.25, 0.3) is 10.4 Å². The number of rotatable bonds is 3. The molecule has 5 unspecified atom stereocenters. The Morgan fingerprint density at radius 1 is 1.60 bits per heavy atom. The SMILES string of the molecule is [N-]=[N+]=NC1(CO)OC(N2N=CC(=O)NC2O)C(O)C1O. The van der Waals surface area contributed by atoms with Crippen LogP contribution in [0.15, 0.2) is 10.2 Å². The van der Waals surface area contributed by atoms with E-state index in [0.29, 0.717) is 0 Å². The van der Waals surface area contributed by atoms with Crippen LogP contribution in [0.2, 0.25) is 0 Å². The fourth-order valence-corrected chi connectivity index (χ4v) is 1.92. The smallest absolute Gasteiger partial charge is 0.267 e. The number of aliphatic hydroxyl groups excluding tert-OH is 4. The summed E-state index contributed by atoms with van der Waals surface area (Å²) in [7, 11) is 0. The number of nitrogens with zero attached hydrogens (tertiary/aromatic N) is 5. The zero-order chi connectivity index (χ0) is 14.9. The first kappa shape index (κ1) is 14.5. The molecule has 5 atom stereocenters. The second-order valence-electron chi connectivity index (χ2n) is 4.14. The van der Waals surface area contributed by atoms with Crippen molar-refractivity contribution in [3.05, 3.63) is 10.4 Å². The van der Waals surface area contributed by atoms with E-state index in [1.165, 1.54) is 0 Å². The molecule has 2 rings (SSSR count). The Labute approximate surface area is 111 Å². The minimum Gasteiger partial charge on any atom is -0.393 e.